The monoisotopic (exact) mass is 433 g/mol. The highest BCUT2D eigenvalue weighted by molar-refractivity contribution is 7.10. The Morgan fingerprint density at radius 3 is 2.86 bits per heavy atom. The third-order valence-electron chi connectivity index (χ3n) is 5.47. The average molecular weight is 434 g/mol. The minimum absolute atomic E-state index is 0.0233. The number of nitrogens with one attached hydrogen (secondary N) is 1. The third-order valence-corrected chi connectivity index (χ3v) is 7.39. The molecule has 1 fully saturated rings. The fourth-order valence-corrected chi connectivity index (χ4v) is 5.78. The zero-order valence-corrected chi connectivity index (χ0v) is 17.8. The topological polar surface area (TPSA) is 79.0 Å². The van der Waals surface area contributed by atoms with E-state index in [0.717, 1.165) is 11.3 Å². The van der Waals surface area contributed by atoms with E-state index in [-0.39, 0.29) is 30.8 Å². The first-order valence-corrected chi connectivity index (χ1v) is 11.3. The maximum absolute atomic E-state index is 13.4. The molecule has 154 valence electrons. The quantitative estimate of drug-likeness (QED) is 0.726. The standard InChI is InChI=1S/C20H23N3O4S2/c1-27-18(25)11-14-20(26)21-6-8-22(14)12-17(24)23-7-4-15-13(5-10-29-15)19(23)16-3-2-9-28-16/h2-3,5,9-10,14,19H,4,6-8,11-12H2,1H3,(H,21,26). The van der Waals surface area contributed by atoms with Gasteiger partial charge in [0, 0.05) is 29.4 Å². The lowest BCUT2D eigenvalue weighted by atomic mass is 9.98. The summed E-state index contributed by atoms with van der Waals surface area (Å²) in [4.78, 5) is 43.6. The highest BCUT2D eigenvalue weighted by Gasteiger charge is 2.37. The van der Waals surface area contributed by atoms with E-state index in [1.165, 1.54) is 17.6 Å². The SMILES string of the molecule is COC(=O)CC1C(=O)NCCN1CC(=O)N1CCc2sccc2C1c1cccs1. The van der Waals surface area contributed by atoms with Crippen LogP contribution in [0.4, 0.5) is 0 Å². The zero-order chi connectivity index (χ0) is 20.4. The summed E-state index contributed by atoms with van der Waals surface area (Å²) in [6.07, 6.45) is 0.783. The Labute approximate surface area is 177 Å². The van der Waals surface area contributed by atoms with Gasteiger partial charge >= 0.3 is 5.97 Å². The second-order valence-electron chi connectivity index (χ2n) is 7.11. The first-order chi connectivity index (χ1) is 14.1. The molecule has 2 aromatic rings. The van der Waals surface area contributed by atoms with Crippen LogP contribution in [-0.4, -0.2) is 66.9 Å². The second-order valence-corrected chi connectivity index (χ2v) is 9.09. The molecular weight excluding hydrogens is 410 g/mol. The minimum Gasteiger partial charge on any atom is -0.469 e. The van der Waals surface area contributed by atoms with Gasteiger partial charge in [-0.25, -0.2) is 0 Å². The summed E-state index contributed by atoms with van der Waals surface area (Å²) in [5.41, 5.74) is 1.19. The maximum atomic E-state index is 13.4. The van der Waals surface area contributed by atoms with Gasteiger partial charge in [-0.2, -0.15) is 0 Å². The predicted molar refractivity (Wildman–Crippen MR) is 111 cm³/mol. The number of rotatable bonds is 5. The molecular formula is C20H23N3O4S2. The molecule has 1 N–H and O–H groups in total. The first kappa shape index (κ1) is 20.1. The normalized spacial score (nSPS) is 22.1. The average Bonchev–Trinajstić information content (AvgIpc) is 3.41. The molecule has 0 aliphatic carbocycles. The van der Waals surface area contributed by atoms with Crippen molar-refractivity contribution in [1.29, 1.82) is 0 Å². The molecule has 2 unspecified atom stereocenters. The smallest absolute Gasteiger partial charge is 0.307 e. The van der Waals surface area contributed by atoms with E-state index in [9.17, 15) is 14.4 Å². The summed E-state index contributed by atoms with van der Waals surface area (Å²) in [5.74, 6) is -0.713. The number of hydrogen-bond donors (Lipinski definition) is 1. The zero-order valence-electron chi connectivity index (χ0n) is 16.1. The molecule has 0 saturated carbocycles. The molecule has 4 rings (SSSR count). The molecule has 9 heteroatoms. The Hall–Kier alpha value is -2.23. The van der Waals surface area contributed by atoms with Crippen molar-refractivity contribution in [3.8, 4) is 0 Å². The predicted octanol–water partition coefficient (Wildman–Crippen LogP) is 1.65. The number of piperazine rings is 1. The van der Waals surface area contributed by atoms with Crippen molar-refractivity contribution in [1.82, 2.24) is 15.1 Å². The molecule has 4 heterocycles. The van der Waals surface area contributed by atoms with Crippen molar-refractivity contribution in [2.75, 3.05) is 33.3 Å². The number of carbonyl (C=O) groups is 3. The Bertz CT molecular complexity index is 895. The van der Waals surface area contributed by atoms with Gasteiger partial charge in [0.25, 0.3) is 0 Å². The minimum atomic E-state index is -0.679. The highest BCUT2D eigenvalue weighted by Crippen LogP contribution is 2.39. The third kappa shape index (κ3) is 4.08. The van der Waals surface area contributed by atoms with Gasteiger partial charge in [-0.15, -0.1) is 22.7 Å². The van der Waals surface area contributed by atoms with Crippen LogP contribution in [0.5, 0.6) is 0 Å². The van der Waals surface area contributed by atoms with Gasteiger partial charge in [0.2, 0.25) is 11.8 Å². The molecule has 0 aromatic carbocycles. The summed E-state index contributed by atoms with van der Waals surface area (Å²) in [6, 6.07) is 5.41. The van der Waals surface area contributed by atoms with E-state index in [1.807, 2.05) is 16.3 Å². The van der Waals surface area contributed by atoms with Crippen LogP contribution in [0.1, 0.15) is 27.8 Å². The van der Waals surface area contributed by atoms with Crippen LogP contribution in [0.3, 0.4) is 0 Å². The van der Waals surface area contributed by atoms with E-state index >= 15 is 0 Å². The van der Waals surface area contributed by atoms with Gasteiger partial charge in [-0.05, 0) is 34.9 Å². The lowest BCUT2D eigenvalue weighted by molar-refractivity contribution is -0.147. The van der Waals surface area contributed by atoms with Gasteiger partial charge in [-0.1, -0.05) is 6.07 Å². The van der Waals surface area contributed by atoms with Gasteiger partial charge in [-0.3, -0.25) is 19.3 Å². The number of ether oxygens (including phenoxy) is 1. The molecule has 29 heavy (non-hydrogen) atoms. The molecule has 0 radical (unpaired) electrons. The number of hydrogen-bond acceptors (Lipinski definition) is 7. The first-order valence-electron chi connectivity index (χ1n) is 9.56. The van der Waals surface area contributed by atoms with Gasteiger partial charge in [0.05, 0.1) is 26.1 Å². The van der Waals surface area contributed by atoms with Crippen LogP contribution < -0.4 is 5.32 Å². The number of nitrogens with zero attached hydrogens (tertiary/aromatic N) is 2. The molecule has 2 aliphatic heterocycles. The Morgan fingerprint density at radius 2 is 2.10 bits per heavy atom. The van der Waals surface area contributed by atoms with E-state index in [2.05, 4.69) is 22.8 Å². The molecule has 0 bridgehead atoms. The Kier molecular flexibility index (Phi) is 5.98. The number of methoxy groups -OCH3 is 1. The number of carbonyl (C=O) groups excluding carboxylic acids is 3. The molecule has 1 saturated heterocycles. The van der Waals surface area contributed by atoms with E-state index in [1.54, 1.807) is 27.6 Å². The largest absolute Gasteiger partial charge is 0.469 e. The molecule has 2 atom stereocenters. The fraction of sp³-hybridized carbons (Fsp3) is 0.450. The van der Waals surface area contributed by atoms with Crippen molar-refractivity contribution in [2.45, 2.75) is 24.9 Å². The summed E-state index contributed by atoms with van der Waals surface area (Å²) in [5, 5.41) is 6.89. The summed E-state index contributed by atoms with van der Waals surface area (Å²) in [7, 11) is 1.30. The van der Waals surface area contributed by atoms with Crippen LogP contribution in [0.15, 0.2) is 29.0 Å². The lowest BCUT2D eigenvalue weighted by Crippen LogP contribution is -2.58. The summed E-state index contributed by atoms with van der Waals surface area (Å²) in [6.45, 7) is 1.75. The molecule has 2 aromatic heterocycles. The van der Waals surface area contributed by atoms with Crippen molar-refractivity contribution in [3.63, 3.8) is 0 Å². The van der Waals surface area contributed by atoms with Crippen LogP contribution in [0.2, 0.25) is 0 Å². The molecule has 2 aliphatic rings. The highest BCUT2D eigenvalue weighted by atomic mass is 32.1. The van der Waals surface area contributed by atoms with Gasteiger partial charge in [0.15, 0.2) is 0 Å². The van der Waals surface area contributed by atoms with Crippen molar-refractivity contribution >= 4 is 40.5 Å². The number of esters is 1. The van der Waals surface area contributed by atoms with Crippen LogP contribution in [0.25, 0.3) is 0 Å². The van der Waals surface area contributed by atoms with E-state index < -0.39 is 12.0 Å². The summed E-state index contributed by atoms with van der Waals surface area (Å²) < 4.78 is 4.73. The Balaban J connectivity index is 1.55. The van der Waals surface area contributed by atoms with Crippen LogP contribution in [-0.2, 0) is 25.5 Å². The van der Waals surface area contributed by atoms with Crippen LogP contribution in [0, 0.1) is 0 Å². The lowest BCUT2D eigenvalue weighted by Gasteiger charge is -2.39. The molecule has 7 nitrogen and oxygen atoms in total. The number of fused-ring (bicyclic) bond motifs is 1. The van der Waals surface area contributed by atoms with Crippen molar-refractivity contribution in [3.05, 3.63) is 44.3 Å². The van der Waals surface area contributed by atoms with Crippen molar-refractivity contribution in [2.24, 2.45) is 0 Å². The summed E-state index contributed by atoms with van der Waals surface area (Å²) >= 11 is 3.39. The van der Waals surface area contributed by atoms with E-state index in [0.29, 0.717) is 19.6 Å². The molecule has 2 amide bonds. The van der Waals surface area contributed by atoms with Crippen molar-refractivity contribution < 1.29 is 19.1 Å². The second kappa shape index (κ2) is 8.64. The number of thiophene rings is 2. The van der Waals surface area contributed by atoms with E-state index in [4.69, 9.17) is 4.74 Å². The van der Waals surface area contributed by atoms with Gasteiger partial charge in [0.1, 0.15) is 6.04 Å². The van der Waals surface area contributed by atoms with Crippen LogP contribution >= 0.6 is 22.7 Å². The Morgan fingerprint density at radius 1 is 1.24 bits per heavy atom. The fourth-order valence-electron chi connectivity index (χ4n) is 4.02. The molecule has 0 spiro atoms. The van der Waals surface area contributed by atoms with Gasteiger partial charge < -0.3 is 15.0 Å². The maximum Gasteiger partial charge on any atom is 0.307 e. The number of amides is 2.